The molecule has 0 unspecified atom stereocenters. The summed E-state index contributed by atoms with van der Waals surface area (Å²) in [4.78, 5) is 9.27. The van der Waals surface area contributed by atoms with Crippen molar-refractivity contribution in [3.05, 3.63) is 72.6 Å². The van der Waals surface area contributed by atoms with Crippen molar-refractivity contribution in [2.45, 2.75) is 18.7 Å². The van der Waals surface area contributed by atoms with Crippen molar-refractivity contribution in [1.82, 2.24) is 14.4 Å². The molecule has 2 aromatic carbocycles. The van der Waals surface area contributed by atoms with Crippen LogP contribution in [0.3, 0.4) is 0 Å². The average molecular weight is 391 g/mol. The second kappa shape index (κ2) is 8.35. The first-order valence-corrected chi connectivity index (χ1v) is 10.1. The monoisotopic (exact) mass is 391 g/mol. The zero-order valence-corrected chi connectivity index (χ0v) is 16.6. The second-order valence-electron chi connectivity index (χ2n) is 6.15. The number of ether oxygens (including phenoxy) is 2. The number of aromatic nitrogens is 3. The molecule has 0 saturated heterocycles. The summed E-state index contributed by atoms with van der Waals surface area (Å²) in [5.41, 5.74) is 3.81. The van der Waals surface area contributed by atoms with Gasteiger partial charge in [0.2, 0.25) is 0 Å². The van der Waals surface area contributed by atoms with Gasteiger partial charge >= 0.3 is 0 Å². The number of hydrogen-bond donors (Lipinski definition) is 0. The molecule has 142 valence electrons. The van der Waals surface area contributed by atoms with E-state index in [0.29, 0.717) is 18.1 Å². The summed E-state index contributed by atoms with van der Waals surface area (Å²) in [6, 6.07) is 18.0. The standard InChI is InChI=1S/C22H21N3O2S/c1-3-28-22-24-18(14-21-23-11-12-25(21)22)17-9-10-19(26-2)20(13-17)27-15-16-7-5-4-6-8-16/h4-14H,3,15H2,1-2H3. The lowest BCUT2D eigenvalue weighted by atomic mass is 10.1. The van der Waals surface area contributed by atoms with E-state index in [1.165, 1.54) is 0 Å². The predicted octanol–water partition coefficient (Wildman–Crippen LogP) is 5.10. The van der Waals surface area contributed by atoms with Gasteiger partial charge in [0, 0.05) is 24.0 Å². The normalized spacial score (nSPS) is 10.9. The van der Waals surface area contributed by atoms with Gasteiger partial charge < -0.3 is 9.47 Å². The van der Waals surface area contributed by atoms with E-state index < -0.39 is 0 Å². The van der Waals surface area contributed by atoms with E-state index in [4.69, 9.17) is 14.5 Å². The molecule has 6 heteroatoms. The minimum absolute atomic E-state index is 0.476. The largest absolute Gasteiger partial charge is 0.493 e. The molecule has 0 aliphatic carbocycles. The molecule has 0 saturated carbocycles. The van der Waals surface area contributed by atoms with Gasteiger partial charge in [-0.1, -0.05) is 49.0 Å². The molecule has 0 bridgehead atoms. The molecule has 4 aromatic rings. The Kier molecular flexibility index (Phi) is 5.48. The lowest BCUT2D eigenvalue weighted by molar-refractivity contribution is 0.284. The lowest BCUT2D eigenvalue weighted by Crippen LogP contribution is -1.99. The van der Waals surface area contributed by atoms with Crippen molar-refractivity contribution in [3.8, 4) is 22.8 Å². The SMILES string of the molecule is CCSc1nc(-c2ccc(OC)c(OCc3ccccc3)c2)cc2nccn12. The highest BCUT2D eigenvalue weighted by molar-refractivity contribution is 7.99. The van der Waals surface area contributed by atoms with Gasteiger partial charge in [0.05, 0.1) is 12.8 Å². The Morgan fingerprint density at radius 3 is 2.68 bits per heavy atom. The molecular formula is C22H21N3O2S. The topological polar surface area (TPSA) is 48.7 Å². The van der Waals surface area contributed by atoms with Gasteiger partial charge in [-0.15, -0.1) is 0 Å². The van der Waals surface area contributed by atoms with Crippen LogP contribution in [-0.2, 0) is 6.61 Å². The van der Waals surface area contributed by atoms with Crippen LogP contribution >= 0.6 is 11.8 Å². The summed E-state index contributed by atoms with van der Waals surface area (Å²) in [5, 5.41) is 0.926. The van der Waals surface area contributed by atoms with Crippen LogP contribution in [0.1, 0.15) is 12.5 Å². The minimum Gasteiger partial charge on any atom is -0.493 e. The highest BCUT2D eigenvalue weighted by Crippen LogP contribution is 2.33. The van der Waals surface area contributed by atoms with Gasteiger partial charge in [-0.05, 0) is 29.5 Å². The molecule has 0 fully saturated rings. The molecule has 2 heterocycles. The van der Waals surface area contributed by atoms with Crippen LogP contribution in [0.5, 0.6) is 11.5 Å². The first kappa shape index (κ1) is 18.4. The van der Waals surface area contributed by atoms with Crippen molar-refractivity contribution in [2.75, 3.05) is 12.9 Å². The van der Waals surface area contributed by atoms with Crippen LogP contribution in [0.2, 0.25) is 0 Å². The molecular weight excluding hydrogens is 370 g/mol. The number of methoxy groups -OCH3 is 1. The summed E-state index contributed by atoms with van der Waals surface area (Å²) < 4.78 is 13.5. The van der Waals surface area contributed by atoms with Crippen molar-refractivity contribution in [3.63, 3.8) is 0 Å². The molecule has 0 atom stereocenters. The summed E-state index contributed by atoms with van der Waals surface area (Å²) in [6.45, 7) is 2.59. The molecule has 4 rings (SSSR count). The third kappa shape index (κ3) is 3.82. The quantitative estimate of drug-likeness (QED) is 0.324. The van der Waals surface area contributed by atoms with E-state index in [1.807, 2.05) is 65.2 Å². The lowest BCUT2D eigenvalue weighted by Gasteiger charge is -2.13. The van der Waals surface area contributed by atoms with Crippen LogP contribution in [-0.4, -0.2) is 27.2 Å². The van der Waals surface area contributed by atoms with Crippen molar-refractivity contribution in [1.29, 1.82) is 0 Å². The molecule has 0 aliphatic heterocycles. The third-order valence-corrected chi connectivity index (χ3v) is 5.16. The maximum absolute atomic E-state index is 6.05. The summed E-state index contributed by atoms with van der Waals surface area (Å²) in [7, 11) is 1.65. The van der Waals surface area contributed by atoms with Crippen molar-refractivity contribution >= 4 is 17.4 Å². The fourth-order valence-corrected chi connectivity index (χ4v) is 3.67. The van der Waals surface area contributed by atoms with Crippen LogP contribution in [0.4, 0.5) is 0 Å². The Bertz CT molecular complexity index is 1080. The van der Waals surface area contributed by atoms with E-state index in [9.17, 15) is 0 Å². The fourth-order valence-electron chi connectivity index (χ4n) is 2.96. The number of imidazole rings is 1. The Morgan fingerprint density at radius 2 is 1.89 bits per heavy atom. The maximum atomic E-state index is 6.05. The molecule has 2 aromatic heterocycles. The van der Waals surface area contributed by atoms with E-state index >= 15 is 0 Å². The molecule has 0 aliphatic rings. The highest BCUT2D eigenvalue weighted by Gasteiger charge is 2.12. The van der Waals surface area contributed by atoms with Crippen LogP contribution in [0, 0.1) is 0 Å². The van der Waals surface area contributed by atoms with E-state index in [1.54, 1.807) is 25.1 Å². The van der Waals surface area contributed by atoms with Gasteiger partial charge in [-0.2, -0.15) is 0 Å². The molecule has 0 radical (unpaired) electrons. The molecule has 28 heavy (non-hydrogen) atoms. The molecule has 5 nitrogen and oxygen atoms in total. The van der Waals surface area contributed by atoms with Gasteiger partial charge in [0.25, 0.3) is 0 Å². The summed E-state index contributed by atoms with van der Waals surface area (Å²) in [5.74, 6) is 2.33. The van der Waals surface area contributed by atoms with Gasteiger partial charge in [-0.3, -0.25) is 4.40 Å². The first-order valence-electron chi connectivity index (χ1n) is 9.10. The van der Waals surface area contributed by atoms with Crippen molar-refractivity contribution in [2.24, 2.45) is 0 Å². The fraction of sp³-hybridized carbons (Fsp3) is 0.182. The highest BCUT2D eigenvalue weighted by atomic mass is 32.2. The van der Waals surface area contributed by atoms with Gasteiger partial charge in [-0.25, -0.2) is 9.97 Å². The number of rotatable bonds is 7. The van der Waals surface area contributed by atoms with Crippen molar-refractivity contribution < 1.29 is 9.47 Å². The Labute approximate surface area is 168 Å². The predicted molar refractivity (Wildman–Crippen MR) is 112 cm³/mol. The maximum Gasteiger partial charge on any atom is 0.174 e. The Hall–Kier alpha value is -2.99. The number of hydrogen-bond acceptors (Lipinski definition) is 5. The number of nitrogens with zero attached hydrogens (tertiary/aromatic N) is 3. The molecule has 0 spiro atoms. The smallest absolute Gasteiger partial charge is 0.174 e. The van der Waals surface area contributed by atoms with Gasteiger partial charge in [0.15, 0.2) is 16.7 Å². The third-order valence-electron chi connectivity index (χ3n) is 4.33. The number of fused-ring (bicyclic) bond motifs is 1. The zero-order valence-electron chi connectivity index (χ0n) is 15.8. The second-order valence-corrected chi connectivity index (χ2v) is 7.38. The van der Waals surface area contributed by atoms with E-state index in [0.717, 1.165) is 33.4 Å². The van der Waals surface area contributed by atoms with Crippen LogP contribution < -0.4 is 9.47 Å². The van der Waals surface area contributed by atoms with E-state index in [2.05, 4.69) is 11.9 Å². The first-order chi connectivity index (χ1) is 13.8. The summed E-state index contributed by atoms with van der Waals surface area (Å²) in [6.07, 6.45) is 3.73. The summed E-state index contributed by atoms with van der Waals surface area (Å²) >= 11 is 1.69. The average Bonchev–Trinajstić information content (AvgIpc) is 3.22. The number of thioether (sulfide) groups is 1. The zero-order chi connectivity index (χ0) is 19.3. The Balaban J connectivity index is 1.69. The minimum atomic E-state index is 0.476. The van der Waals surface area contributed by atoms with Gasteiger partial charge in [0.1, 0.15) is 12.3 Å². The van der Waals surface area contributed by atoms with Crippen LogP contribution in [0.15, 0.2) is 72.1 Å². The van der Waals surface area contributed by atoms with Crippen LogP contribution in [0.25, 0.3) is 16.9 Å². The Morgan fingerprint density at radius 1 is 1.04 bits per heavy atom. The van der Waals surface area contributed by atoms with E-state index in [-0.39, 0.29) is 0 Å². The molecule has 0 N–H and O–H groups in total. The molecule has 0 amide bonds. The number of benzene rings is 2.